The third kappa shape index (κ3) is 6.02. The van der Waals surface area contributed by atoms with Crippen LogP contribution >= 0.6 is 0 Å². The summed E-state index contributed by atoms with van der Waals surface area (Å²) in [6, 6.07) is 23.6. The summed E-state index contributed by atoms with van der Waals surface area (Å²) < 4.78 is 0. The molecule has 0 fully saturated rings. The third-order valence-electron chi connectivity index (χ3n) is 4.63. The molecule has 6 heteroatoms. The van der Waals surface area contributed by atoms with Gasteiger partial charge in [0.1, 0.15) is 6.04 Å². The van der Waals surface area contributed by atoms with Crippen LogP contribution in [0.1, 0.15) is 45.7 Å². The van der Waals surface area contributed by atoms with E-state index >= 15 is 0 Å². The molecule has 1 unspecified atom stereocenters. The van der Waals surface area contributed by atoms with Crippen LogP contribution in [0.4, 0.5) is 5.69 Å². The van der Waals surface area contributed by atoms with Gasteiger partial charge in [-0.25, -0.2) is 0 Å². The van der Waals surface area contributed by atoms with Crippen molar-refractivity contribution in [3.63, 3.8) is 0 Å². The first-order valence-electron chi connectivity index (χ1n) is 10.2. The number of carbonyl (C=O) groups excluding carboxylic acids is 3. The molecule has 6 nitrogen and oxygen atoms in total. The Labute approximate surface area is 181 Å². The van der Waals surface area contributed by atoms with Crippen LogP contribution < -0.4 is 16.0 Å². The van der Waals surface area contributed by atoms with Crippen LogP contribution in [-0.2, 0) is 4.79 Å². The fraction of sp³-hybridized carbons (Fsp3) is 0.160. The topological polar surface area (TPSA) is 87.3 Å². The van der Waals surface area contributed by atoms with Crippen LogP contribution in [0.5, 0.6) is 0 Å². The first-order valence-corrected chi connectivity index (χ1v) is 10.2. The van der Waals surface area contributed by atoms with Crippen molar-refractivity contribution in [3.05, 3.63) is 102 Å². The molecule has 1 atom stereocenters. The predicted molar refractivity (Wildman–Crippen MR) is 121 cm³/mol. The van der Waals surface area contributed by atoms with Crippen molar-refractivity contribution in [3.8, 4) is 0 Å². The van der Waals surface area contributed by atoms with E-state index in [1.54, 1.807) is 60.7 Å². The highest BCUT2D eigenvalue weighted by Gasteiger charge is 2.23. The smallest absolute Gasteiger partial charge is 0.252 e. The van der Waals surface area contributed by atoms with Gasteiger partial charge in [-0.3, -0.25) is 14.4 Å². The third-order valence-corrected chi connectivity index (χ3v) is 4.63. The average Bonchev–Trinajstić information content (AvgIpc) is 2.82. The molecule has 0 aliphatic heterocycles. The molecule has 0 bridgehead atoms. The summed E-state index contributed by atoms with van der Waals surface area (Å²) in [6.45, 7) is 2.56. The van der Waals surface area contributed by atoms with Crippen molar-refractivity contribution in [1.29, 1.82) is 0 Å². The van der Waals surface area contributed by atoms with Gasteiger partial charge in [-0.15, -0.1) is 0 Å². The van der Waals surface area contributed by atoms with Gasteiger partial charge in [0, 0.05) is 23.4 Å². The number of rotatable bonds is 8. The van der Waals surface area contributed by atoms with Crippen molar-refractivity contribution in [2.24, 2.45) is 0 Å². The van der Waals surface area contributed by atoms with Crippen molar-refractivity contribution >= 4 is 23.4 Å². The Morgan fingerprint density at radius 3 is 2.10 bits per heavy atom. The maximum atomic E-state index is 13.1. The lowest BCUT2D eigenvalue weighted by Crippen LogP contribution is -2.37. The van der Waals surface area contributed by atoms with Gasteiger partial charge in [0.25, 0.3) is 17.7 Å². The second-order valence-electron chi connectivity index (χ2n) is 7.01. The van der Waals surface area contributed by atoms with E-state index < -0.39 is 11.9 Å². The molecule has 0 aromatic heterocycles. The highest BCUT2D eigenvalue weighted by Crippen LogP contribution is 2.18. The zero-order chi connectivity index (χ0) is 22.1. The van der Waals surface area contributed by atoms with E-state index in [0.29, 0.717) is 28.9 Å². The number of anilines is 1. The van der Waals surface area contributed by atoms with Crippen LogP contribution in [0.15, 0.2) is 84.9 Å². The zero-order valence-corrected chi connectivity index (χ0v) is 17.3. The largest absolute Gasteiger partial charge is 0.352 e. The molecule has 3 rings (SSSR count). The van der Waals surface area contributed by atoms with Crippen molar-refractivity contribution in [2.75, 3.05) is 11.9 Å². The molecule has 0 saturated heterocycles. The molecule has 3 N–H and O–H groups in total. The minimum absolute atomic E-state index is 0.199. The van der Waals surface area contributed by atoms with Crippen LogP contribution in [0.3, 0.4) is 0 Å². The van der Waals surface area contributed by atoms with E-state index in [9.17, 15) is 14.4 Å². The van der Waals surface area contributed by atoms with E-state index in [1.807, 2.05) is 31.2 Å². The first-order chi connectivity index (χ1) is 15.1. The molecule has 0 aliphatic rings. The number of nitrogens with one attached hydrogen (secondary N) is 3. The maximum absolute atomic E-state index is 13.1. The number of benzene rings is 3. The molecule has 3 amide bonds. The summed E-state index contributed by atoms with van der Waals surface area (Å²) in [4.78, 5) is 38.0. The summed E-state index contributed by atoms with van der Waals surface area (Å²) in [5, 5.41) is 8.43. The quantitative estimate of drug-likeness (QED) is 0.521. The standard InChI is InChI=1S/C25H25N3O3/c1-2-16-26-23(29)20-14-9-15-21(17-20)27-25(31)22(18-10-5-3-6-11-18)28-24(30)19-12-7-4-8-13-19/h3-15,17,22H,2,16H2,1H3,(H,26,29)(H,27,31)(H,28,30). The molecule has 0 radical (unpaired) electrons. The second kappa shape index (κ2) is 10.7. The lowest BCUT2D eigenvalue weighted by molar-refractivity contribution is -0.118. The summed E-state index contributed by atoms with van der Waals surface area (Å²) >= 11 is 0. The van der Waals surface area contributed by atoms with Gasteiger partial charge in [0.05, 0.1) is 0 Å². The first kappa shape index (κ1) is 21.8. The molecule has 0 saturated carbocycles. The van der Waals surface area contributed by atoms with Crippen LogP contribution in [0.25, 0.3) is 0 Å². The van der Waals surface area contributed by atoms with Gasteiger partial charge in [-0.2, -0.15) is 0 Å². The maximum Gasteiger partial charge on any atom is 0.252 e. The van der Waals surface area contributed by atoms with Crippen LogP contribution in [0.2, 0.25) is 0 Å². The van der Waals surface area contributed by atoms with E-state index in [4.69, 9.17) is 0 Å². The molecule has 0 spiro atoms. The predicted octanol–water partition coefficient (Wildman–Crippen LogP) is 3.94. The molecule has 31 heavy (non-hydrogen) atoms. The Morgan fingerprint density at radius 1 is 0.774 bits per heavy atom. The molecular formula is C25H25N3O3. The number of carbonyl (C=O) groups is 3. The normalized spacial score (nSPS) is 11.3. The second-order valence-corrected chi connectivity index (χ2v) is 7.01. The zero-order valence-electron chi connectivity index (χ0n) is 17.3. The van der Waals surface area contributed by atoms with Crippen molar-refractivity contribution in [2.45, 2.75) is 19.4 Å². The van der Waals surface area contributed by atoms with Crippen LogP contribution in [0, 0.1) is 0 Å². The van der Waals surface area contributed by atoms with Crippen molar-refractivity contribution in [1.82, 2.24) is 10.6 Å². The Bertz CT molecular complexity index is 1040. The number of hydrogen-bond acceptors (Lipinski definition) is 3. The lowest BCUT2D eigenvalue weighted by atomic mass is 10.0. The monoisotopic (exact) mass is 415 g/mol. The van der Waals surface area contributed by atoms with Gasteiger partial charge >= 0.3 is 0 Å². The summed E-state index contributed by atoms with van der Waals surface area (Å²) in [5.41, 5.74) is 2.05. The van der Waals surface area contributed by atoms with Crippen molar-refractivity contribution < 1.29 is 14.4 Å². The Kier molecular flexibility index (Phi) is 7.54. The van der Waals surface area contributed by atoms with E-state index in [-0.39, 0.29) is 11.8 Å². The highest BCUT2D eigenvalue weighted by molar-refractivity contribution is 6.02. The SMILES string of the molecule is CCCNC(=O)c1cccc(NC(=O)C(NC(=O)c2ccccc2)c2ccccc2)c1. The molecule has 0 heterocycles. The van der Waals surface area contributed by atoms with E-state index in [0.717, 1.165) is 6.42 Å². The minimum atomic E-state index is -0.897. The summed E-state index contributed by atoms with van der Waals surface area (Å²) in [7, 11) is 0. The van der Waals surface area contributed by atoms with E-state index in [2.05, 4.69) is 16.0 Å². The van der Waals surface area contributed by atoms with Gasteiger partial charge in [0.2, 0.25) is 0 Å². The highest BCUT2D eigenvalue weighted by atomic mass is 16.2. The Hall–Kier alpha value is -3.93. The molecular weight excluding hydrogens is 390 g/mol. The Balaban J connectivity index is 1.79. The molecule has 158 valence electrons. The molecule has 3 aromatic rings. The van der Waals surface area contributed by atoms with Gasteiger partial charge in [-0.1, -0.05) is 61.5 Å². The van der Waals surface area contributed by atoms with Crippen LogP contribution in [-0.4, -0.2) is 24.3 Å². The number of amides is 3. The minimum Gasteiger partial charge on any atom is -0.352 e. The molecule has 3 aromatic carbocycles. The fourth-order valence-corrected chi connectivity index (χ4v) is 3.04. The Morgan fingerprint density at radius 2 is 1.42 bits per heavy atom. The fourth-order valence-electron chi connectivity index (χ4n) is 3.04. The summed E-state index contributed by atoms with van der Waals surface area (Å²) in [6.07, 6.45) is 0.835. The van der Waals surface area contributed by atoms with Gasteiger partial charge < -0.3 is 16.0 Å². The molecule has 0 aliphatic carbocycles. The van der Waals surface area contributed by atoms with Gasteiger partial charge in [-0.05, 0) is 42.3 Å². The average molecular weight is 415 g/mol. The van der Waals surface area contributed by atoms with E-state index in [1.165, 1.54) is 0 Å². The summed E-state index contributed by atoms with van der Waals surface area (Å²) in [5.74, 6) is -0.950. The number of hydrogen-bond donors (Lipinski definition) is 3. The van der Waals surface area contributed by atoms with Gasteiger partial charge in [0.15, 0.2) is 0 Å². The lowest BCUT2D eigenvalue weighted by Gasteiger charge is -2.19.